The zero-order valence-corrected chi connectivity index (χ0v) is 20.4. The Balaban J connectivity index is 1.95. The summed E-state index contributed by atoms with van der Waals surface area (Å²) in [6.07, 6.45) is 3.41. The first kappa shape index (κ1) is 23.4. The summed E-state index contributed by atoms with van der Waals surface area (Å²) in [4.78, 5) is 0. The summed E-state index contributed by atoms with van der Waals surface area (Å²) >= 11 is 0. The van der Waals surface area contributed by atoms with Gasteiger partial charge in [-0.3, -0.25) is 0 Å². The van der Waals surface area contributed by atoms with Crippen LogP contribution in [0.3, 0.4) is 0 Å². The minimum Gasteiger partial charge on any atom is -0.0687 e. The van der Waals surface area contributed by atoms with E-state index in [0.29, 0.717) is 17.8 Å². The van der Waals surface area contributed by atoms with Crippen LogP contribution in [0.15, 0.2) is 72.8 Å². The second-order valence-corrected chi connectivity index (χ2v) is 10.5. The first-order chi connectivity index (χ1) is 14.8. The van der Waals surface area contributed by atoms with Crippen molar-refractivity contribution in [2.75, 3.05) is 0 Å². The monoisotopic (exact) mass is 410 g/mol. The molecule has 0 N–H and O–H groups in total. The minimum absolute atomic E-state index is 0.272. The molecule has 0 aliphatic carbocycles. The number of hydrogen-bond donors (Lipinski definition) is 0. The van der Waals surface area contributed by atoms with Gasteiger partial charge in [0, 0.05) is 0 Å². The van der Waals surface area contributed by atoms with Crippen LogP contribution in [-0.2, 0) is 19.3 Å². The van der Waals surface area contributed by atoms with E-state index < -0.39 is 0 Å². The Labute approximate surface area is 191 Å². The fourth-order valence-corrected chi connectivity index (χ4v) is 4.53. The first-order valence-corrected chi connectivity index (χ1v) is 12.1. The van der Waals surface area contributed by atoms with Crippen LogP contribution in [0, 0.1) is 17.8 Å². The smallest absolute Gasteiger partial charge is 0.0687 e. The van der Waals surface area contributed by atoms with E-state index >= 15 is 0 Å². The van der Waals surface area contributed by atoms with Gasteiger partial charge in [-0.2, -0.15) is 0 Å². The molecule has 0 amide bonds. The molecular weight excluding hydrogens is 371 g/mol. The van der Waals surface area contributed by atoms with E-state index in [0.717, 1.165) is 19.3 Å². The van der Waals surface area contributed by atoms with Gasteiger partial charge < -0.3 is 0 Å². The van der Waals surface area contributed by atoms with Crippen molar-refractivity contribution >= 4 is 23.1 Å². The summed E-state index contributed by atoms with van der Waals surface area (Å²) in [7, 11) is 0. The molecule has 0 aromatic heterocycles. The Hall–Kier alpha value is -2.28. The van der Waals surface area contributed by atoms with Crippen molar-refractivity contribution in [3.05, 3.63) is 89.5 Å². The third kappa shape index (κ3) is 6.86. The van der Waals surface area contributed by atoms with E-state index in [9.17, 15) is 0 Å². The Kier molecular flexibility index (Phi) is 8.18. The lowest BCUT2D eigenvalue weighted by molar-refractivity contribution is 0.647. The summed E-state index contributed by atoms with van der Waals surface area (Å²) in [6.45, 7) is 14.0. The standard InChI is InChI=1S/C30H39B/c1-22(2)19-25-7-13-28(14-8-25)31(29-15-9-26(10-16-29)20-23(3)4)30-17-11-27(12-18-30)21-24(5)6/h7-18,22-24H,19-21H2,1-6H3. The highest BCUT2D eigenvalue weighted by Gasteiger charge is 2.22. The Bertz CT molecular complexity index is 788. The zero-order chi connectivity index (χ0) is 22.4. The second kappa shape index (κ2) is 10.8. The van der Waals surface area contributed by atoms with Gasteiger partial charge in [0.15, 0.2) is 0 Å². The summed E-state index contributed by atoms with van der Waals surface area (Å²) in [6, 6.07) is 28.0. The lowest BCUT2D eigenvalue weighted by Crippen LogP contribution is -2.52. The molecule has 0 aliphatic heterocycles. The lowest BCUT2D eigenvalue weighted by atomic mass is 9.37. The topological polar surface area (TPSA) is 0 Å². The summed E-state index contributed by atoms with van der Waals surface area (Å²) in [5, 5.41) is 0. The number of benzene rings is 3. The molecule has 0 saturated heterocycles. The van der Waals surface area contributed by atoms with Crippen LogP contribution >= 0.6 is 0 Å². The van der Waals surface area contributed by atoms with Crippen LogP contribution in [0.1, 0.15) is 58.2 Å². The third-order valence-corrected chi connectivity index (χ3v) is 5.87. The highest BCUT2D eigenvalue weighted by atomic mass is 14.1. The largest absolute Gasteiger partial charge is 0.241 e. The fourth-order valence-electron chi connectivity index (χ4n) is 4.53. The van der Waals surface area contributed by atoms with Crippen LogP contribution in [0.2, 0.25) is 0 Å². The molecule has 0 bridgehead atoms. The van der Waals surface area contributed by atoms with Crippen molar-refractivity contribution in [2.24, 2.45) is 17.8 Å². The van der Waals surface area contributed by atoms with E-state index in [1.54, 1.807) is 0 Å². The van der Waals surface area contributed by atoms with Crippen LogP contribution < -0.4 is 16.4 Å². The molecule has 3 aromatic rings. The average Bonchev–Trinajstić information content (AvgIpc) is 2.71. The molecule has 0 nitrogen and oxygen atoms in total. The van der Waals surface area contributed by atoms with Gasteiger partial charge in [-0.25, -0.2) is 0 Å². The minimum atomic E-state index is 0.272. The molecule has 3 aromatic carbocycles. The maximum absolute atomic E-state index is 2.34. The molecule has 0 saturated carbocycles. The molecule has 0 fully saturated rings. The molecule has 162 valence electrons. The first-order valence-electron chi connectivity index (χ1n) is 12.1. The molecule has 0 atom stereocenters. The van der Waals surface area contributed by atoms with Gasteiger partial charge in [0.2, 0.25) is 6.71 Å². The predicted octanol–water partition coefficient (Wildman–Crippen LogP) is 5.80. The van der Waals surface area contributed by atoms with E-state index in [2.05, 4.69) is 114 Å². The third-order valence-electron chi connectivity index (χ3n) is 5.87. The van der Waals surface area contributed by atoms with Gasteiger partial charge in [-0.05, 0) is 53.7 Å². The van der Waals surface area contributed by atoms with Crippen LogP contribution in [-0.4, -0.2) is 6.71 Å². The van der Waals surface area contributed by atoms with E-state index in [4.69, 9.17) is 0 Å². The summed E-state index contributed by atoms with van der Waals surface area (Å²) in [5.74, 6) is 2.05. The average molecular weight is 410 g/mol. The number of hydrogen-bond acceptors (Lipinski definition) is 0. The molecule has 0 radical (unpaired) electrons. The molecule has 1 heteroatoms. The van der Waals surface area contributed by atoms with Gasteiger partial charge in [-0.1, -0.05) is 131 Å². The zero-order valence-electron chi connectivity index (χ0n) is 20.4. The van der Waals surface area contributed by atoms with Gasteiger partial charge in [0.25, 0.3) is 0 Å². The van der Waals surface area contributed by atoms with Crippen molar-refractivity contribution in [1.82, 2.24) is 0 Å². The molecule has 0 aliphatic rings. The van der Waals surface area contributed by atoms with Crippen molar-refractivity contribution < 1.29 is 0 Å². The van der Waals surface area contributed by atoms with E-state index in [1.807, 2.05) is 0 Å². The van der Waals surface area contributed by atoms with Crippen molar-refractivity contribution in [2.45, 2.75) is 60.8 Å². The molecule has 31 heavy (non-hydrogen) atoms. The maximum Gasteiger partial charge on any atom is 0.241 e. The summed E-state index contributed by atoms with van der Waals surface area (Å²) < 4.78 is 0. The summed E-state index contributed by atoms with van der Waals surface area (Å²) in [5.41, 5.74) is 8.41. The van der Waals surface area contributed by atoms with Crippen LogP contribution in [0.5, 0.6) is 0 Å². The normalized spacial score (nSPS) is 11.5. The van der Waals surface area contributed by atoms with Gasteiger partial charge >= 0.3 is 0 Å². The van der Waals surface area contributed by atoms with Crippen molar-refractivity contribution in [3.8, 4) is 0 Å². The highest BCUT2D eigenvalue weighted by Crippen LogP contribution is 2.10. The molecule has 0 heterocycles. The fraction of sp³-hybridized carbons (Fsp3) is 0.400. The second-order valence-electron chi connectivity index (χ2n) is 10.5. The van der Waals surface area contributed by atoms with E-state index in [-0.39, 0.29) is 6.71 Å². The Morgan fingerprint density at radius 1 is 0.419 bits per heavy atom. The number of rotatable bonds is 9. The van der Waals surface area contributed by atoms with E-state index in [1.165, 1.54) is 33.1 Å². The van der Waals surface area contributed by atoms with Crippen LogP contribution in [0.25, 0.3) is 0 Å². The van der Waals surface area contributed by atoms with Crippen molar-refractivity contribution in [1.29, 1.82) is 0 Å². The quantitative estimate of drug-likeness (QED) is 0.391. The molecule has 3 rings (SSSR count). The maximum atomic E-state index is 2.34. The van der Waals surface area contributed by atoms with Gasteiger partial charge in [0.05, 0.1) is 0 Å². The lowest BCUT2D eigenvalue weighted by Gasteiger charge is -2.18. The molecular formula is C30H39B. The molecule has 0 spiro atoms. The van der Waals surface area contributed by atoms with Gasteiger partial charge in [-0.15, -0.1) is 0 Å². The predicted molar refractivity (Wildman–Crippen MR) is 140 cm³/mol. The Morgan fingerprint density at radius 3 is 0.839 bits per heavy atom. The van der Waals surface area contributed by atoms with Crippen molar-refractivity contribution in [3.63, 3.8) is 0 Å². The molecule has 0 unspecified atom stereocenters. The SMILES string of the molecule is CC(C)Cc1ccc(B(c2ccc(CC(C)C)cc2)c2ccc(CC(C)C)cc2)cc1. The Morgan fingerprint density at radius 2 is 0.645 bits per heavy atom. The highest BCUT2D eigenvalue weighted by molar-refractivity contribution is 6.95. The van der Waals surface area contributed by atoms with Gasteiger partial charge in [0.1, 0.15) is 0 Å². The van der Waals surface area contributed by atoms with Crippen LogP contribution in [0.4, 0.5) is 0 Å².